The number of aromatic amines is 1. The number of nitrogens with zero attached hydrogens (tertiary/aromatic N) is 1. The van der Waals surface area contributed by atoms with Gasteiger partial charge in [0.05, 0.1) is 0 Å². The van der Waals surface area contributed by atoms with E-state index in [0.29, 0.717) is 0 Å². The highest BCUT2D eigenvalue weighted by atomic mass is 32.2. The number of H-pyrrole nitrogens is 1. The first kappa shape index (κ1) is 4.44. The fourth-order valence-electron chi connectivity index (χ4n) is 0.864. The van der Waals surface area contributed by atoms with Crippen molar-refractivity contribution in [1.29, 1.82) is 0 Å². The molecule has 1 N–H and O–H groups in total. The number of aryl methyl sites for hydroxylation is 1. The molecule has 8 heavy (non-hydrogen) atoms. The molecule has 0 amide bonds. The molecule has 0 saturated carbocycles. The Kier molecular flexibility index (Phi) is 0.842. The first-order chi connectivity index (χ1) is 3.97. The van der Waals surface area contributed by atoms with Crippen LogP contribution < -0.4 is 0 Å². The lowest BCUT2D eigenvalue weighted by Gasteiger charge is -1.76. The second kappa shape index (κ2) is 1.52. The second-order valence-electron chi connectivity index (χ2n) is 1.81. The van der Waals surface area contributed by atoms with Gasteiger partial charge >= 0.3 is 0 Å². The molecular weight excluding hydrogens is 120 g/mol. The van der Waals surface area contributed by atoms with E-state index in [1.54, 1.807) is 0 Å². The van der Waals surface area contributed by atoms with Crippen LogP contribution in [0.2, 0.25) is 0 Å². The SMILES string of the molecule is c1[nH]nc2c1CCS2. The Hall–Kier alpha value is -0.440. The predicted molar refractivity (Wildman–Crippen MR) is 33.0 cm³/mol. The number of hydrogen-bond acceptors (Lipinski definition) is 2. The van der Waals surface area contributed by atoms with Gasteiger partial charge in [0.2, 0.25) is 0 Å². The third kappa shape index (κ3) is 0.478. The maximum Gasteiger partial charge on any atom is 0.121 e. The zero-order valence-corrected chi connectivity index (χ0v) is 5.16. The van der Waals surface area contributed by atoms with Crippen LogP contribution in [0.4, 0.5) is 0 Å². The lowest BCUT2D eigenvalue weighted by atomic mass is 10.3. The number of rotatable bonds is 0. The van der Waals surface area contributed by atoms with Crippen LogP contribution in [-0.4, -0.2) is 16.0 Å². The fraction of sp³-hybridized carbons (Fsp3) is 0.400. The van der Waals surface area contributed by atoms with E-state index in [2.05, 4.69) is 10.2 Å². The van der Waals surface area contributed by atoms with E-state index in [-0.39, 0.29) is 0 Å². The van der Waals surface area contributed by atoms with Gasteiger partial charge in [-0.15, -0.1) is 11.8 Å². The Morgan fingerprint density at radius 2 is 2.75 bits per heavy atom. The Bertz CT molecular complexity index is 176. The fourth-order valence-corrected chi connectivity index (χ4v) is 1.84. The highest BCUT2D eigenvalue weighted by Gasteiger charge is 2.11. The third-order valence-corrected chi connectivity index (χ3v) is 2.32. The number of hydrogen-bond donors (Lipinski definition) is 1. The Balaban J connectivity index is 2.54. The van der Waals surface area contributed by atoms with Crippen LogP contribution in [0.25, 0.3) is 0 Å². The van der Waals surface area contributed by atoms with E-state index in [1.165, 1.54) is 22.8 Å². The van der Waals surface area contributed by atoms with Crippen LogP contribution in [0.5, 0.6) is 0 Å². The Morgan fingerprint density at radius 1 is 1.75 bits per heavy atom. The lowest BCUT2D eigenvalue weighted by Crippen LogP contribution is -1.73. The van der Waals surface area contributed by atoms with Gasteiger partial charge in [-0.05, 0) is 6.42 Å². The van der Waals surface area contributed by atoms with Gasteiger partial charge in [0.1, 0.15) is 5.03 Å². The standard InChI is InChI=1S/C5H6N2S/c1-2-8-5-4(1)3-6-7-5/h3H,1-2H2,(H,6,7). The molecule has 1 aliphatic heterocycles. The molecule has 3 heteroatoms. The van der Waals surface area contributed by atoms with E-state index in [0.717, 1.165) is 0 Å². The van der Waals surface area contributed by atoms with Gasteiger partial charge in [0.25, 0.3) is 0 Å². The van der Waals surface area contributed by atoms with E-state index in [4.69, 9.17) is 0 Å². The summed E-state index contributed by atoms with van der Waals surface area (Å²) in [4.78, 5) is 0. The minimum Gasteiger partial charge on any atom is -0.284 e. The second-order valence-corrected chi connectivity index (χ2v) is 2.90. The molecule has 0 unspecified atom stereocenters. The topological polar surface area (TPSA) is 28.7 Å². The molecule has 2 heterocycles. The average Bonchev–Trinajstić information content (AvgIpc) is 2.15. The molecule has 2 rings (SSSR count). The van der Waals surface area contributed by atoms with Crippen LogP contribution in [0, 0.1) is 0 Å². The molecule has 0 saturated heterocycles. The molecule has 0 atom stereocenters. The number of thioether (sulfide) groups is 1. The molecule has 1 aliphatic rings. The van der Waals surface area contributed by atoms with Crippen molar-refractivity contribution in [3.8, 4) is 0 Å². The molecule has 42 valence electrons. The van der Waals surface area contributed by atoms with Gasteiger partial charge < -0.3 is 0 Å². The summed E-state index contributed by atoms with van der Waals surface area (Å²) in [5, 5.41) is 8.06. The third-order valence-electron chi connectivity index (χ3n) is 1.29. The summed E-state index contributed by atoms with van der Waals surface area (Å²) in [5.74, 6) is 1.21. The molecule has 0 radical (unpaired) electrons. The summed E-state index contributed by atoms with van der Waals surface area (Å²) in [6.07, 6.45) is 3.17. The van der Waals surface area contributed by atoms with Crippen molar-refractivity contribution in [2.75, 3.05) is 5.75 Å². The van der Waals surface area contributed by atoms with Crippen molar-refractivity contribution in [3.63, 3.8) is 0 Å². The summed E-state index contributed by atoms with van der Waals surface area (Å²) in [6, 6.07) is 0. The highest BCUT2D eigenvalue weighted by molar-refractivity contribution is 7.99. The molecule has 1 aromatic rings. The zero-order chi connectivity index (χ0) is 5.40. The van der Waals surface area contributed by atoms with E-state index in [9.17, 15) is 0 Å². The van der Waals surface area contributed by atoms with Crippen molar-refractivity contribution in [3.05, 3.63) is 11.8 Å². The normalized spacial score (nSPS) is 16.5. The summed E-state index contributed by atoms with van der Waals surface area (Å²) in [5.41, 5.74) is 1.38. The Labute approximate surface area is 51.7 Å². The predicted octanol–water partition coefficient (Wildman–Crippen LogP) is 1.06. The van der Waals surface area contributed by atoms with Crippen LogP contribution in [0.15, 0.2) is 11.2 Å². The maximum atomic E-state index is 4.03. The number of aromatic nitrogens is 2. The molecule has 0 bridgehead atoms. The van der Waals surface area contributed by atoms with Gasteiger partial charge in [0.15, 0.2) is 0 Å². The van der Waals surface area contributed by atoms with E-state index in [1.807, 2.05) is 18.0 Å². The molecule has 0 spiro atoms. The highest BCUT2D eigenvalue weighted by Crippen LogP contribution is 2.27. The molecule has 2 nitrogen and oxygen atoms in total. The van der Waals surface area contributed by atoms with Gasteiger partial charge in [-0.2, -0.15) is 5.10 Å². The monoisotopic (exact) mass is 126 g/mol. The van der Waals surface area contributed by atoms with Crippen molar-refractivity contribution < 1.29 is 0 Å². The van der Waals surface area contributed by atoms with Crippen LogP contribution in [-0.2, 0) is 6.42 Å². The zero-order valence-electron chi connectivity index (χ0n) is 4.35. The van der Waals surface area contributed by atoms with Gasteiger partial charge in [-0.25, -0.2) is 0 Å². The minimum absolute atomic E-state index is 1.19. The molecule has 0 aromatic carbocycles. The van der Waals surface area contributed by atoms with Gasteiger partial charge in [-0.1, -0.05) is 0 Å². The van der Waals surface area contributed by atoms with Gasteiger partial charge in [-0.3, -0.25) is 5.10 Å². The first-order valence-corrected chi connectivity index (χ1v) is 3.61. The summed E-state index contributed by atoms with van der Waals surface area (Å²) < 4.78 is 0. The van der Waals surface area contributed by atoms with Crippen LogP contribution in [0.3, 0.4) is 0 Å². The van der Waals surface area contributed by atoms with Crippen LogP contribution >= 0.6 is 11.8 Å². The van der Waals surface area contributed by atoms with Crippen LogP contribution in [0.1, 0.15) is 5.56 Å². The Morgan fingerprint density at radius 3 is 3.62 bits per heavy atom. The van der Waals surface area contributed by atoms with Crippen molar-refractivity contribution in [1.82, 2.24) is 10.2 Å². The smallest absolute Gasteiger partial charge is 0.121 e. The lowest BCUT2D eigenvalue weighted by molar-refractivity contribution is 1.00. The quantitative estimate of drug-likeness (QED) is 0.563. The average molecular weight is 126 g/mol. The van der Waals surface area contributed by atoms with E-state index >= 15 is 0 Å². The molecular formula is C5H6N2S. The molecule has 0 fully saturated rings. The van der Waals surface area contributed by atoms with Crippen molar-refractivity contribution >= 4 is 11.8 Å². The number of nitrogens with one attached hydrogen (secondary N) is 1. The van der Waals surface area contributed by atoms with Gasteiger partial charge in [0, 0.05) is 17.5 Å². The van der Waals surface area contributed by atoms with E-state index < -0.39 is 0 Å². The summed E-state index contributed by atoms with van der Waals surface area (Å²) in [6.45, 7) is 0. The summed E-state index contributed by atoms with van der Waals surface area (Å²) in [7, 11) is 0. The van der Waals surface area contributed by atoms with Crippen molar-refractivity contribution in [2.24, 2.45) is 0 Å². The molecule has 0 aliphatic carbocycles. The number of fused-ring (bicyclic) bond motifs is 1. The van der Waals surface area contributed by atoms with Crippen molar-refractivity contribution in [2.45, 2.75) is 11.4 Å². The largest absolute Gasteiger partial charge is 0.284 e. The molecule has 1 aromatic heterocycles. The first-order valence-electron chi connectivity index (χ1n) is 2.62. The maximum absolute atomic E-state index is 4.03. The summed E-state index contributed by atoms with van der Waals surface area (Å²) >= 11 is 1.83. The minimum atomic E-state index is 1.19.